The lowest BCUT2D eigenvalue weighted by Crippen LogP contribution is -2.42. The van der Waals surface area contributed by atoms with Crippen molar-refractivity contribution < 1.29 is 28.9 Å². The first-order valence-corrected chi connectivity index (χ1v) is 14.3. The molecule has 0 heterocycles. The van der Waals surface area contributed by atoms with Crippen LogP contribution in [0.25, 0.3) is 0 Å². The van der Waals surface area contributed by atoms with Crippen molar-refractivity contribution in [2.45, 2.75) is 38.8 Å². The minimum absolute atomic E-state index is 0.175. The number of hydrogen-bond donors (Lipinski definition) is 2. The van der Waals surface area contributed by atoms with Gasteiger partial charge in [-0.3, -0.25) is 0 Å². The van der Waals surface area contributed by atoms with Crippen LogP contribution >= 0.6 is 23.2 Å². The number of halogens is 2. The van der Waals surface area contributed by atoms with Crippen LogP contribution in [0.1, 0.15) is 30.9 Å². The van der Waals surface area contributed by atoms with Gasteiger partial charge in [-0.25, -0.2) is 9.59 Å². The van der Waals surface area contributed by atoms with Crippen LogP contribution in [-0.4, -0.2) is 61.0 Å². The van der Waals surface area contributed by atoms with E-state index in [2.05, 4.69) is 5.32 Å². The molecule has 220 valence electrons. The number of rotatable bonds is 17. The van der Waals surface area contributed by atoms with Crippen LogP contribution in [0.2, 0.25) is 10.0 Å². The Bertz CT molecular complexity index is 1210. The lowest BCUT2D eigenvalue weighted by molar-refractivity contribution is -0.149. The SMILES string of the molecule is CCOC(Cc1ccc(OCCN(CCCCOc2cc(Cl)cc(Cl)c2)C(=O)NCc2ccccc2)cc1)C(=O)O. The van der Waals surface area contributed by atoms with Gasteiger partial charge in [-0.15, -0.1) is 0 Å². The monoisotopic (exact) mass is 602 g/mol. The molecular weight excluding hydrogens is 567 g/mol. The lowest BCUT2D eigenvalue weighted by Gasteiger charge is -2.23. The van der Waals surface area contributed by atoms with Crippen molar-refractivity contribution in [3.05, 3.63) is 94.0 Å². The molecule has 0 aliphatic carbocycles. The number of carbonyl (C=O) groups is 2. The Kier molecular flexibility index (Phi) is 13.6. The van der Waals surface area contributed by atoms with Crippen molar-refractivity contribution in [3.8, 4) is 11.5 Å². The third-order valence-electron chi connectivity index (χ3n) is 6.12. The normalized spacial score (nSPS) is 11.5. The van der Waals surface area contributed by atoms with Crippen LogP contribution in [0.5, 0.6) is 11.5 Å². The Morgan fingerprint density at radius 2 is 1.54 bits per heavy atom. The Morgan fingerprint density at radius 3 is 2.20 bits per heavy atom. The van der Waals surface area contributed by atoms with Crippen molar-refractivity contribution in [2.24, 2.45) is 0 Å². The summed E-state index contributed by atoms with van der Waals surface area (Å²) in [5.41, 5.74) is 1.85. The molecule has 1 unspecified atom stereocenters. The van der Waals surface area contributed by atoms with Crippen LogP contribution in [0.15, 0.2) is 72.8 Å². The zero-order chi connectivity index (χ0) is 29.5. The fraction of sp³-hybridized carbons (Fsp3) is 0.355. The van der Waals surface area contributed by atoms with Gasteiger partial charge >= 0.3 is 12.0 Å². The third kappa shape index (κ3) is 11.9. The van der Waals surface area contributed by atoms with Crippen LogP contribution in [-0.2, 0) is 22.5 Å². The molecule has 2 N–H and O–H groups in total. The first kappa shape index (κ1) is 32.1. The van der Waals surface area contributed by atoms with Gasteiger partial charge in [0.2, 0.25) is 0 Å². The summed E-state index contributed by atoms with van der Waals surface area (Å²) in [6.45, 7) is 4.20. The average molecular weight is 604 g/mol. The molecule has 0 radical (unpaired) electrons. The number of ether oxygens (including phenoxy) is 3. The van der Waals surface area contributed by atoms with E-state index >= 15 is 0 Å². The lowest BCUT2D eigenvalue weighted by atomic mass is 10.1. The fourth-order valence-corrected chi connectivity index (χ4v) is 4.54. The maximum absolute atomic E-state index is 13.0. The summed E-state index contributed by atoms with van der Waals surface area (Å²) in [5, 5.41) is 13.3. The molecule has 3 aromatic carbocycles. The molecular formula is C31H36Cl2N2O6. The van der Waals surface area contributed by atoms with E-state index in [-0.39, 0.29) is 12.5 Å². The quantitative estimate of drug-likeness (QED) is 0.172. The van der Waals surface area contributed by atoms with E-state index in [1.54, 1.807) is 42.2 Å². The van der Waals surface area contributed by atoms with E-state index in [0.29, 0.717) is 61.0 Å². The number of aliphatic carboxylic acids is 1. The van der Waals surface area contributed by atoms with Crippen molar-refractivity contribution in [3.63, 3.8) is 0 Å². The first-order chi connectivity index (χ1) is 19.8. The standard InChI is InChI=1S/C31H36Cl2N2O6/c1-2-39-29(30(36)37)18-23-10-12-27(13-11-23)41-17-15-35(31(38)34-22-24-8-4-3-5-9-24)14-6-7-16-40-28-20-25(32)19-26(33)21-28/h3-5,8-13,19-21,29H,2,6-7,14-18,22H2,1H3,(H,34,38)(H,36,37). The number of unbranched alkanes of at least 4 members (excludes halogenated alkanes) is 1. The van der Waals surface area contributed by atoms with E-state index in [1.807, 2.05) is 42.5 Å². The fourth-order valence-electron chi connectivity index (χ4n) is 4.04. The largest absolute Gasteiger partial charge is 0.493 e. The predicted octanol–water partition coefficient (Wildman–Crippen LogP) is 6.48. The Balaban J connectivity index is 1.49. The summed E-state index contributed by atoms with van der Waals surface area (Å²) in [4.78, 5) is 26.1. The van der Waals surface area contributed by atoms with Crippen LogP contribution < -0.4 is 14.8 Å². The molecule has 0 bridgehead atoms. The highest BCUT2D eigenvalue weighted by Crippen LogP contribution is 2.24. The molecule has 0 saturated heterocycles. The number of carboxylic acid groups (broad SMARTS) is 1. The van der Waals surface area contributed by atoms with Gasteiger partial charge in [-0.05, 0) is 61.2 Å². The molecule has 1 atom stereocenters. The second-order valence-electron chi connectivity index (χ2n) is 9.27. The molecule has 0 spiro atoms. The Hall–Kier alpha value is -3.46. The second-order valence-corrected chi connectivity index (χ2v) is 10.1. The summed E-state index contributed by atoms with van der Waals surface area (Å²) in [7, 11) is 0. The predicted molar refractivity (Wildman–Crippen MR) is 160 cm³/mol. The molecule has 0 aliphatic heterocycles. The van der Waals surface area contributed by atoms with Gasteiger partial charge in [0.1, 0.15) is 18.1 Å². The molecule has 8 nitrogen and oxygen atoms in total. The van der Waals surface area contributed by atoms with Gasteiger partial charge in [-0.2, -0.15) is 0 Å². The number of nitrogens with one attached hydrogen (secondary N) is 1. The number of carbonyl (C=O) groups excluding carboxylic acids is 1. The third-order valence-corrected chi connectivity index (χ3v) is 6.56. The van der Waals surface area contributed by atoms with Crippen molar-refractivity contribution in [1.29, 1.82) is 0 Å². The highest BCUT2D eigenvalue weighted by Gasteiger charge is 2.18. The molecule has 0 aromatic heterocycles. The van der Waals surface area contributed by atoms with E-state index < -0.39 is 12.1 Å². The van der Waals surface area contributed by atoms with Crippen molar-refractivity contribution >= 4 is 35.2 Å². The smallest absolute Gasteiger partial charge is 0.333 e. The Morgan fingerprint density at radius 1 is 0.854 bits per heavy atom. The molecule has 2 amide bonds. The molecule has 41 heavy (non-hydrogen) atoms. The molecule has 0 aliphatic rings. The molecule has 3 aromatic rings. The zero-order valence-electron chi connectivity index (χ0n) is 23.1. The Labute approximate surface area is 251 Å². The highest BCUT2D eigenvalue weighted by atomic mass is 35.5. The number of hydrogen-bond acceptors (Lipinski definition) is 5. The number of nitrogens with zero attached hydrogens (tertiary/aromatic N) is 1. The minimum atomic E-state index is -0.988. The molecule has 0 fully saturated rings. The van der Waals surface area contributed by atoms with Crippen molar-refractivity contribution in [1.82, 2.24) is 10.2 Å². The van der Waals surface area contributed by atoms with Crippen molar-refractivity contribution in [2.75, 3.05) is 32.9 Å². The van der Waals surface area contributed by atoms with E-state index in [4.69, 9.17) is 37.4 Å². The maximum Gasteiger partial charge on any atom is 0.333 e. The number of amides is 2. The highest BCUT2D eigenvalue weighted by molar-refractivity contribution is 6.34. The van der Waals surface area contributed by atoms with Gasteiger partial charge in [0.15, 0.2) is 6.10 Å². The number of carboxylic acids is 1. The topological polar surface area (TPSA) is 97.3 Å². The summed E-state index contributed by atoms with van der Waals surface area (Å²) in [6.07, 6.45) is 0.844. The summed E-state index contributed by atoms with van der Waals surface area (Å²) < 4.78 is 16.9. The number of urea groups is 1. The van der Waals surface area contributed by atoms with E-state index in [9.17, 15) is 14.7 Å². The summed E-state index contributed by atoms with van der Waals surface area (Å²) >= 11 is 12.1. The van der Waals surface area contributed by atoms with Crippen LogP contribution in [0, 0.1) is 0 Å². The van der Waals surface area contributed by atoms with Gasteiger partial charge in [-0.1, -0.05) is 65.7 Å². The molecule has 3 rings (SSSR count). The summed E-state index contributed by atoms with van der Waals surface area (Å²) in [5.74, 6) is 0.254. The maximum atomic E-state index is 13.0. The zero-order valence-corrected chi connectivity index (χ0v) is 24.6. The van der Waals surface area contributed by atoms with E-state index in [0.717, 1.165) is 24.0 Å². The second kappa shape index (κ2) is 17.4. The van der Waals surface area contributed by atoms with Gasteiger partial charge < -0.3 is 29.5 Å². The first-order valence-electron chi connectivity index (χ1n) is 13.6. The average Bonchev–Trinajstić information content (AvgIpc) is 2.95. The summed E-state index contributed by atoms with van der Waals surface area (Å²) in [6, 6.07) is 21.9. The van der Waals surface area contributed by atoms with Gasteiger partial charge in [0.25, 0.3) is 0 Å². The number of benzene rings is 3. The van der Waals surface area contributed by atoms with Crippen LogP contribution in [0.4, 0.5) is 4.79 Å². The molecule has 10 heteroatoms. The van der Waals surface area contributed by atoms with Gasteiger partial charge in [0, 0.05) is 36.2 Å². The van der Waals surface area contributed by atoms with Crippen LogP contribution in [0.3, 0.4) is 0 Å². The molecule has 0 saturated carbocycles. The van der Waals surface area contributed by atoms with Gasteiger partial charge in [0.05, 0.1) is 13.2 Å². The minimum Gasteiger partial charge on any atom is -0.493 e. The van der Waals surface area contributed by atoms with E-state index in [1.165, 1.54) is 0 Å².